The van der Waals surface area contributed by atoms with Crippen molar-refractivity contribution in [3.8, 4) is 0 Å². The Balaban J connectivity index is -0.00000000694. The minimum Gasteiger partial charge on any atom is -0.333 e. The summed E-state index contributed by atoms with van der Waals surface area (Å²) in [7, 11) is 1.50. The first-order valence-corrected chi connectivity index (χ1v) is 4.58. The molecule has 0 aromatic carbocycles. The van der Waals surface area contributed by atoms with Crippen LogP contribution < -0.4 is 5.73 Å². The number of hydrogen-bond acceptors (Lipinski definition) is 1. The van der Waals surface area contributed by atoms with Crippen LogP contribution in [0.5, 0.6) is 0 Å². The van der Waals surface area contributed by atoms with E-state index in [1.165, 1.54) is 7.05 Å². The fourth-order valence-electron chi connectivity index (χ4n) is 0. The van der Waals surface area contributed by atoms with Crippen molar-refractivity contribution >= 4 is 0 Å². The van der Waals surface area contributed by atoms with Crippen molar-refractivity contribution in [1.29, 1.82) is 0 Å². The molecule has 11 heavy (non-hydrogen) atoms. The molecule has 78 valence electrons. The lowest BCUT2D eigenvalue weighted by atomic mass is 11.0. The predicted octanol–water partition coefficient (Wildman–Crippen LogP) is 4.32. The Morgan fingerprint density at radius 1 is 0.455 bits per heavy atom. The van der Waals surface area contributed by atoms with E-state index in [1.54, 1.807) is 0 Å². The van der Waals surface area contributed by atoms with E-state index >= 15 is 0 Å². The molecular formula is C10H33N. The second kappa shape index (κ2) is 500000. The summed E-state index contributed by atoms with van der Waals surface area (Å²) < 4.78 is 0. The molecule has 0 rings (SSSR count). The second-order valence-corrected chi connectivity index (χ2v) is 0. The van der Waals surface area contributed by atoms with Gasteiger partial charge in [-0.2, -0.15) is 0 Å². The van der Waals surface area contributed by atoms with Gasteiger partial charge in [0.2, 0.25) is 0 Å². The molecule has 2 N–H and O–H groups in total. The SMILES string of the molecule is C.CC.CC.CC.CC.CN. The van der Waals surface area contributed by atoms with E-state index < -0.39 is 0 Å². The second-order valence-electron chi connectivity index (χ2n) is 0. The van der Waals surface area contributed by atoms with Crippen molar-refractivity contribution in [2.24, 2.45) is 5.73 Å². The molecule has 0 aromatic rings. The molecule has 0 heterocycles. The highest BCUT2D eigenvalue weighted by Gasteiger charge is 0.938. The molecule has 0 aliphatic heterocycles. The number of nitrogens with two attached hydrogens (primary N) is 1. The molecule has 1 nitrogen and oxygen atoms in total. The van der Waals surface area contributed by atoms with Gasteiger partial charge in [0.25, 0.3) is 0 Å². The average molecular weight is 167 g/mol. The van der Waals surface area contributed by atoms with E-state index in [0.29, 0.717) is 0 Å². The summed E-state index contributed by atoms with van der Waals surface area (Å²) in [6.07, 6.45) is 0. The van der Waals surface area contributed by atoms with Gasteiger partial charge in [-0.25, -0.2) is 0 Å². The topological polar surface area (TPSA) is 26.0 Å². The lowest BCUT2D eigenvalue weighted by Crippen LogP contribution is -1.69. The molecule has 0 atom stereocenters. The van der Waals surface area contributed by atoms with Crippen LogP contribution in [0, 0.1) is 0 Å². The summed E-state index contributed by atoms with van der Waals surface area (Å²) >= 11 is 0. The smallest absolute Gasteiger partial charge is 0.0195 e. The first-order valence-electron chi connectivity index (χ1n) is 4.58. The summed E-state index contributed by atoms with van der Waals surface area (Å²) in [6, 6.07) is 0. The molecular weight excluding hydrogens is 134 g/mol. The standard InChI is InChI=1S/4C2H6.CH5N.CH4/c5*1-2;/h4*1-2H3;2H2,1H3;1H4. The summed E-state index contributed by atoms with van der Waals surface area (Å²) in [6.45, 7) is 16.0. The normalized spacial score (nSPS) is 2.73. The average Bonchev–Trinajstić information content (AvgIpc) is 2.20. The van der Waals surface area contributed by atoms with Crippen molar-refractivity contribution in [2.75, 3.05) is 7.05 Å². The third-order valence-corrected chi connectivity index (χ3v) is 0. The summed E-state index contributed by atoms with van der Waals surface area (Å²) in [5.74, 6) is 0. The van der Waals surface area contributed by atoms with Crippen LogP contribution in [0.25, 0.3) is 0 Å². The Kier molecular flexibility index (Phi) is 2010000. The molecule has 1 heteroatoms. The maximum Gasteiger partial charge on any atom is -0.0195 e. The van der Waals surface area contributed by atoms with Gasteiger partial charge in [0, 0.05) is 0 Å². The zero-order valence-electron chi connectivity index (χ0n) is 9.58. The van der Waals surface area contributed by atoms with Crippen LogP contribution in [0.4, 0.5) is 0 Å². The van der Waals surface area contributed by atoms with Gasteiger partial charge in [0.1, 0.15) is 0 Å². The van der Waals surface area contributed by atoms with Gasteiger partial charge in [0.05, 0.1) is 0 Å². The van der Waals surface area contributed by atoms with Crippen LogP contribution in [0.15, 0.2) is 0 Å². The summed E-state index contributed by atoms with van der Waals surface area (Å²) in [5, 5.41) is 0. The van der Waals surface area contributed by atoms with Crippen molar-refractivity contribution < 1.29 is 0 Å². The van der Waals surface area contributed by atoms with Gasteiger partial charge >= 0.3 is 0 Å². The Bertz CT molecular complexity index is 4.83. The van der Waals surface area contributed by atoms with Crippen LogP contribution in [0.2, 0.25) is 0 Å². The Labute approximate surface area is 76.4 Å². The first-order chi connectivity index (χ1) is 5.00. The van der Waals surface area contributed by atoms with Crippen molar-refractivity contribution in [3.05, 3.63) is 0 Å². The highest BCUT2D eigenvalue weighted by molar-refractivity contribution is 3.54. The largest absolute Gasteiger partial charge is 0.333 e. The fourth-order valence-corrected chi connectivity index (χ4v) is 0. The van der Waals surface area contributed by atoms with E-state index in [1.807, 2.05) is 55.4 Å². The van der Waals surface area contributed by atoms with E-state index in [-0.39, 0.29) is 7.43 Å². The molecule has 0 saturated heterocycles. The highest BCUT2D eigenvalue weighted by Crippen LogP contribution is 1.15. The van der Waals surface area contributed by atoms with Crippen LogP contribution >= 0.6 is 0 Å². The molecule has 0 aliphatic rings. The minimum absolute atomic E-state index is 0. The van der Waals surface area contributed by atoms with E-state index in [9.17, 15) is 0 Å². The zero-order valence-corrected chi connectivity index (χ0v) is 9.58. The van der Waals surface area contributed by atoms with E-state index in [0.717, 1.165) is 0 Å². The first kappa shape index (κ1) is 44.2. The monoisotopic (exact) mass is 167 g/mol. The van der Waals surface area contributed by atoms with Crippen LogP contribution in [-0.2, 0) is 0 Å². The zero-order chi connectivity index (χ0) is 10.0. The fraction of sp³-hybridized carbons (Fsp3) is 1.00. The molecule has 0 bridgehead atoms. The molecule has 0 unspecified atom stereocenters. The molecule has 0 radical (unpaired) electrons. The van der Waals surface area contributed by atoms with Gasteiger partial charge in [-0.1, -0.05) is 62.8 Å². The van der Waals surface area contributed by atoms with Crippen molar-refractivity contribution in [2.45, 2.75) is 62.8 Å². The van der Waals surface area contributed by atoms with E-state index in [2.05, 4.69) is 5.73 Å². The maximum absolute atomic E-state index is 4.50. The lowest BCUT2D eigenvalue weighted by molar-refractivity contribution is 1.48. The number of hydrogen-bond donors (Lipinski definition) is 1. The molecule has 0 aromatic heterocycles. The lowest BCUT2D eigenvalue weighted by Gasteiger charge is -1.19. The van der Waals surface area contributed by atoms with Crippen LogP contribution in [0.3, 0.4) is 0 Å². The van der Waals surface area contributed by atoms with Gasteiger partial charge in [-0.15, -0.1) is 0 Å². The van der Waals surface area contributed by atoms with Gasteiger partial charge in [0.15, 0.2) is 0 Å². The molecule has 0 amide bonds. The maximum atomic E-state index is 4.50. The summed E-state index contributed by atoms with van der Waals surface area (Å²) in [5.41, 5.74) is 4.50. The Morgan fingerprint density at radius 2 is 0.455 bits per heavy atom. The molecule has 0 fully saturated rings. The quantitative estimate of drug-likeness (QED) is 0.571. The third-order valence-electron chi connectivity index (χ3n) is 0. The Morgan fingerprint density at radius 3 is 0.455 bits per heavy atom. The van der Waals surface area contributed by atoms with Crippen molar-refractivity contribution in [1.82, 2.24) is 0 Å². The van der Waals surface area contributed by atoms with Gasteiger partial charge in [-0.05, 0) is 7.05 Å². The molecule has 0 aliphatic carbocycles. The molecule has 0 saturated carbocycles. The number of rotatable bonds is 0. The molecule has 0 spiro atoms. The van der Waals surface area contributed by atoms with Crippen LogP contribution in [0.1, 0.15) is 62.8 Å². The van der Waals surface area contributed by atoms with E-state index in [4.69, 9.17) is 0 Å². The summed E-state index contributed by atoms with van der Waals surface area (Å²) in [4.78, 5) is 0. The highest BCUT2D eigenvalue weighted by atomic mass is 14.4. The Hall–Kier alpha value is -0.0400. The van der Waals surface area contributed by atoms with Crippen LogP contribution in [-0.4, -0.2) is 7.05 Å². The third kappa shape index (κ3) is 394000. The van der Waals surface area contributed by atoms with Gasteiger partial charge in [-0.3, -0.25) is 0 Å². The predicted molar refractivity (Wildman–Crippen MR) is 62.2 cm³/mol. The minimum atomic E-state index is 0. The van der Waals surface area contributed by atoms with Crippen molar-refractivity contribution in [3.63, 3.8) is 0 Å². The van der Waals surface area contributed by atoms with Gasteiger partial charge < -0.3 is 5.73 Å².